The van der Waals surface area contributed by atoms with E-state index in [0.29, 0.717) is 6.54 Å². The van der Waals surface area contributed by atoms with E-state index in [1.807, 2.05) is 13.8 Å². The molecule has 0 saturated heterocycles. The lowest BCUT2D eigenvalue weighted by Crippen LogP contribution is -2.34. The summed E-state index contributed by atoms with van der Waals surface area (Å²) < 4.78 is 54.3. The fraction of sp³-hybridized carbons (Fsp3) is 0.615. The number of likely N-dealkylation sites (N-methyl/N-ethyl adjacent to an activating group) is 1. The molecular weight excluding hydrogens is 276 g/mol. The Bertz CT molecular complexity index is 415. The summed E-state index contributed by atoms with van der Waals surface area (Å²) in [6.45, 7) is 2.88. The van der Waals surface area contributed by atoms with E-state index in [1.54, 1.807) is 18.5 Å². The lowest BCUT2D eigenvalue weighted by atomic mass is 10.0. The average Bonchev–Trinajstić information content (AvgIpc) is 2.38. The van der Waals surface area contributed by atoms with E-state index in [0.717, 1.165) is 11.1 Å². The SMILES string of the molecule is CCNC(COCC(F)(F)C(F)F)c1cnccc1C. The number of nitrogens with one attached hydrogen (secondary N) is 1. The van der Waals surface area contributed by atoms with Gasteiger partial charge < -0.3 is 10.1 Å². The van der Waals surface area contributed by atoms with Crippen LogP contribution in [0.3, 0.4) is 0 Å². The molecule has 0 fully saturated rings. The molecule has 1 unspecified atom stereocenters. The number of rotatable bonds is 8. The van der Waals surface area contributed by atoms with Crippen molar-refractivity contribution in [3.05, 3.63) is 29.6 Å². The van der Waals surface area contributed by atoms with E-state index in [4.69, 9.17) is 4.74 Å². The molecule has 1 aromatic rings. The van der Waals surface area contributed by atoms with Gasteiger partial charge in [-0.1, -0.05) is 6.92 Å². The molecule has 0 aliphatic rings. The fourth-order valence-electron chi connectivity index (χ4n) is 1.72. The molecule has 7 heteroatoms. The van der Waals surface area contributed by atoms with Gasteiger partial charge in [-0.15, -0.1) is 0 Å². The molecule has 20 heavy (non-hydrogen) atoms. The highest BCUT2D eigenvalue weighted by atomic mass is 19.3. The average molecular weight is 294 g/mol. The van der Waals surface area contributed by atoms with Crippen LogP contribution in [0, 0.1) is 6.92 Å². The highest BCUT2D eigenvalue weighted by Crippen LogP contribution is 2.24. The van der Waals surface area contributed by atoms with Crippen LogP contribution < -0.4 is 5.32 Å². The Morgan fingerprint density at radius 1 is 1.40 bits per heavy atom. The molecule has 0 aliphatic carbocycles. The number of ether oxygens (including phenoxy) is 1. The van der Waals surface area contributed by atoms with Crippen molar-refractivity contribution >= 4 is 0 Å². The highest BCUT2D eigenvalue weighted by molar-refractivity contribution is 5.25. The van der Waals surface area contributed by atoms with Crippen LogP contribution in [0.1, 0.15) is 24.1 Å². The molecule has 0 aromatic carbocycles. The van der Waals surface area contributed by atoms with E-state index < -0.39 is 19.0 Å². The van der Waals surface area contributed by atoms with Gasteiger partial charge in [0.25, 0.3) is 0 Å². The van der Waals surface area contributed by atoms with Crippen LogP contribution in [0.5, 0.6) is 0 Å². The van der Waals surface area contributed by atoms with Gasteiger partial charge in [-0.2, -0.15) is 8.78 Å². The summed E-state index contributed by atoms with van der Waals surface area (Å²) in [6.07, 6.45) is -0.495. The monoisotopic (exact) mass is 294 g/mol. The van der Waals surface area contributed by atoms with E-state index in [-0.39, 0.29) is 12.6 Å². The molecule has 0 bridgehead atoms. The Balaban J connectivity index is 2.63. The van der Waals surface area contributed by atoms with Gasteiger partial charge in [0.2, 0.25) is 0 Å². The maximum absolute atomic E-state index is 12.8. The van der Waals surface area contributed by atoms with Gasteiger partial charge in [-0.25, -0.2) is 8.78 Å². The second-order valence-electron chi connectivity index (χ2n) is 4.42. The van der Waals surface area contributed by atoms with Gasteiger partial charge in [-0.05, 0) is 30.7 Å². The number of nitrogens with zero attached hydrogens (tertiary/aromatic N) is 1. The zero-order chi connectivity index (χ0) is 15.2. The molecule has 114 valence electrons. The first kappa shape index (κ1) is 16.8. The fourth-order valence-corrected chi connectivity index (χ4v) is 1.72. The standard InChI is InChI=1S/C13H18F4N2O/c1-3-19-11(10-6-18-5-4-9(10)2)7-20-8-13(16,17)12(14)15/h4-6,11-12,19H,3,7-8H2,1-2H3. The van der Waals surface area contributed by atoms with Gasteiger partial charge in [-0.3, -0.25) is 4.98 Å². The lowest BCUT2D eigenvalue weighted by molar-refractivity contribution is -0.167. The Kier molecular flexibility index (Phi) is 6.35. The van der Waals surface area contributed by atoms with Crippen molar-refractivity contribution in [2.75, 3.05) is 19.8 Å². The molecule has 1 aromatic heterocycles. The second kappa shape index (κ2) is 7.54. The van der Waals surface area contributed by atoms with E-state index in [1.165, 1.54) is 0 Å². The molecule has 3 nitrogen and oxygen atoms in total. The summed E-state index contributed by atoms with van der Waals surface area (Å²) in [5.41, 5.74) is 1.73. The number of aromatic nitrogens is 1. The third kappa shape index (κ3) is 4.72. The summed E-state index contributed by atoms with van der Waals surface area (Å²) >= 11 is 0. The van der Waals surface area contributed by atoms with Crippen molar-refractivity contribution < 1.29 is 22.3 Å². The normalized spacial score (nSPS) is 13.8. The van der Waals surface area contributed by atoms with Crippen molar-refractivity contribution in [2.24, 2.45) is 0 Å². The van der Waals surface area contributed by atoms with Gasteiger partial charge in [0.1, 0.15) is 6.61 Å². The molecule has 0 spiro atoms. The molecule has 0 aliphatic heterocycles. The molecule has 0 radical (unpaired) electrons. The summed E-state index contributed by atoms with van der Waals surface area (Å²) in [7, 11) is 0. The predicted molar refractivity (Wildman–Crippen MR) is 67.2 cm³/mol. The predicted octanol–water partition coefficient (Wildman–Crippen LogP) is 2.96. The molecular formula is C13H18F4N2O. The third-order valence-corrected chi connectivity index (χ3v) is 2.80. The van der Waals surface area contributed by atoms with Gasteiger partial charge in [0, 0.05) is 12.4 Å². The van der Waals surface area contributed by atoms with Crippen LogP contribution in [0.4, 0.5) is 17.6 Å². The van der Waals surface area contributed by atoms with Gasteiger partial charge in [0.15, 0.2) is 0 Å². The van der Waals surface area contributed by atoms with Crippen molar-refractivity contribution in [1.82, 2.24) is 10.3 Å². The minimum absolute atomic E-state index is 0.122. The number of hydrogen-bond acceptors (Lipinski definition) is 3. The Morgan fingerprint density at radius 3 is 2.65 bits per heavy atom. The maximum atomic E-state index is 12.8. The van der Waals surface area contributed by atoms with E-state index >= 15 is 0 Å². The second-order valence-corrected chi connectivity index (χ2v) is 4.42. The van der Waals surface area contributed by atoms with Crippen LogP contribution >= 0.6 is 0 Å². The van der Waals surface area contributed by atoms with E-state index in [2.05, 4.69) is 10.3 Å². The number of hydrogen-bond donors (Lipinski definition) is 1. The molecule has 1 rings (SSSR count). The van der Waals surface area contributed by atoms with Crippen LogP contribution in [0.25, 0.3) is 0 Å². The third-order valence-electron chi connectivity index (χ3n) is 2.80. The zero-order valence-electron chi connectivity index (χ0n) is 11.4. The summed E-state index contributed by atoms with van der Waals surface area (Å²) in [6, 6.07) is 1.43. The summed E-state index contributed by atoms with van der Waals surface area (Å²) in [5, 5.41) is 3.06. The van der Waals surface area contributed by atoms with Crippen molar-refractivity contribution in [2.45, 2.75) is 32.2 Å². The smallest absolute Gasteiger partial charge is 0.330 e. The first-order valence-corrected chi connectivity index (χ1v) is 6.26. The van der Waals surface area contributed by atoms with Crippen molar-refractivity contribution in [1.29, 1.82) is 0 Å². The lowest BCUT2D eigenvalue weighted by Gasteiger charge is -2.22. The van der Waals surface area contributed by atoms with E-state index in [9.17, 15) is 17.6 Å². The summed E-state index contributed by atoms with van der Waals surface area (Å²) in [4.78, 5) is 3.97. The Hall–Kier alpha value is -1.21. The first-order chi connectivity index (χ1) is 9.38. The van der Waals surface area contributed by atoms with Crippen LogP contribution in [-0.4, -0.2) is 37.1 Å². The molecule has 0 saturated carbocycles. The first-order valence-electron chi connectivity index (χ1n) is 6.26. The van der Waals surface area contributed by atoms with Crippen LogP contribution in [0.2, 0.25) is 0 Å². The topological polar surface area (TPSA) is 34.1 Å². The van der Waals surface area contributed by atoms with Gasteiger partial charge in [0.05, 0.1) is 12.6 Å². The number of alkyl halides is 4. The highest BCUT2D eigenvalue weighted by Gasteiger charge is 2.41. The van der Waals surface area contributed by atoms with Crippen LogP contribution in [-0.2, 0) is 4.74 Å². The minimum atomic E-state index is -4.12. The van der Waals surface area contributed by atoms with Crippen molar-refractivity contribution in [3.63, 3.8) is 0 Å². The molecule has 1 N–H and O–H groups in total. The Morgan fingerprint density at radius 2 is 2.10 bits per heavy atom. The van der Waals surface area contributed by atoms with Crippen molar-refractivity contribution in [3.8, 4) is 0 Å². The largest absolute Gasteiger partial charge is 0.373 e. The quantitative estimate of drug-likeness (QED) is 0.749. The van der Waals surface area contributed by atoms with Gasteiger partial charge >= 0.3 is 12.3 Å². The number of halogens is 4. The minimum Gasteiger partial charge on any atom is -0.373 e. The Labute approximate surface area is 115 Å². The number of pyridine rings is 1. The van der Waals surface area contributed by atoms with Crippen LogP contribution in [0.15, 0.2) is 18.5 Å². The molecule has 0 amide bonds. The maximum Gasteiger partial charge on any atom is 0.330 e. The zero-order valence-corrected chi connectivity index (χ0v) is 11.4. The number of aryl methyl sites for hydroxylation is 1. The summed E-state index contributed by atoms with van der Waals surface area (Å²) in [5.74, 6) is -4.12. The molecule has 1 heterocycles. The molecule has 1 atom stereocenters.